The van der Waals surface area contributed by atoms with Crippen LogP contribution >= 0.6 is 22.9 Å². The SMILES string of the molecule is CCc1[nH]nc(-c2ccsc2)c1CCCl. The van der Waals surface area contributed by atoms with Gasteiger partial charge in [0.2, 0.25) is 0 Å². The molecule has 0 aromatic carbocycles. The molecule has 0 bridgehead atoms. The van der Waals surface area contributed by atoms with Crippen LogP contribution in [-0.4, -0.2) is 16.1 Å². The van der Waals surface area contributed by atoms with Crippen molar-refractivity contribution in [1.82, 2.24) is 10.2 Å². The van der Waals surface area contributed by atoms with Gasteiger partial charge in [-0.05, 0) is 24.3 Å². The third kappa shape index (κ3) is 2.08. The van der Waals surface area contributed by atoms with Gasteiger partial charge in [-0.3, -0.25) is 5.10 Å². The molecule has 0 atom stereocenters. The molecule has 0 amide bonds. The molecule has 0 unspecified atom stereocenters. The first-order valence-corrected chi connectivity index (χ1v) is 6.49. The van der Waals surface area contributed by atoms with Crippen molar-refractivity contribution in [3.63, 3.8) is 0 Å². The van der Waals surface area contributed by atoms with Crippen molar-refractivity contribution in [3.8, 4) is 11.3 Å². The van der Waals surface area contributed by atoms with Crippen LogP contribution in [0.25, 0.3) is 11.3 Å². The molecule has 2 rings (SSSR count). The highest BCUT2D eigenvalue weighted by atomic mass is 35.5. The number of nitrogens with one attached hydrogen (secondary N) is 1. The summed E-state index contributed by atoms with van der Waals surface area (Å²) < 4.78 is 0. The van der Waals surface area contributed by atoms with Crippen molar-refractivity contribution in [2.24, 2.45) is 0 Å². The molecule has 2 nitrogen and oxygen atoms in total. The Morgan fingerprint density at radius 3 is 3.00 bits per heavy atom. The number of aryl methyl sites for hydroxylation is 1. The molecule has 2 aromatic heterocycles. The summed E-state index contributed by atoms with van der Waals surface area (Å²) in [5, 5.41) is 11.7. The zero-order valence-electron chi connectivity index (χ0n) is 8.59. The highest BCUT2D eigenvalue weighted by Crippen LogP contribution is 2.26. The van der Waals surface area contributed by atoms with Gasteiger partial charge in [0, 0.05) is 28.1 Å². The Kier molecular flexibility index (Phi) is 3.44. The number of hydrogen-bond acceptors (Lipinski definition) is 2. The average Bonchev–Trinajstić information content (AvgIpc) is 2.85. The summed E-state index contributed by atoms with van der Waals surface area (Å²) in [6, 6.07) is 2.10. The largest absolute Gasteiger partial charge is 0.282 e. The molecule has 0 aliphatic heterocycles. The maximum Gasteiger partial charge on any atom is 0.0964 e. The quantitative estimate of drug-likeness (QED) is 0.815. The molecule has 0 saturated heterocycles. The van der Waals surface area contributed by atoms with E-state index < -0.39 is 0 Å². The van der Waals surface area contributed by atoms with Crippen molar-refractivity contribution in [3.05, 3.63) is 28.1 Å². The number of aromatic nitrogens is 2. The predicted octanol–water partition coefficient (Wildman–Crippen LogP) is 3.48. The summed E-state index contributed by atoms with van der Waals surface area (Å²) in [4.78, 5) is 0. The van der Waals surface area contributed by atoms with Gasteiger partial charge in [0.25, 0.3) is 0 Å². The monoisotopic (exact) mass is 240 g/mol. The standard InChI is InChI=1S/C11H13ClN2S/c1-2-10-9(3-5-12)11(14-13-10)8-4-6-15-7-8/h4,6-7H,2-3,5H2,1H3,(H,13,14). The normalized spacial score (nSPS) is 10.8. The zero-order valence-corrected chi connectivity index (χ0v) is 10.2. The maximum absolute atomic E-state index is 5.82. The average molecular weight is 241 g/mol. The Bertz CT molecular complexity index is 420. The molecule has 80 valence electrons. The number of rotatable bonds is 4. The van der Waals surface area contributed by atoms with Gasteiger partial charge in [-0.25, -0.2) is 0 Å². The van der Waals surface area contributed by atoms with E-state index in [4.69, 9.17) is 11.6 Å². The van der Waals surface area contributed by atoms with Gasteiger partial charge in [-0.15, -0.1) is 11.6 Å². The lowest BCUT2D eigenvalue weighted by Crippen LogP contribution is -1.92. The van der Waals surface area contributed by atoms with Crippen LogP contribution in [0.5, 0.6) is 0 Å². The smallest absolute Gasteiger partial charge is 0.0964 e. The molecule has 0 aliphatic rings. The van der Waals surface area contributed by atoms with Gasteiger partial charge in [0.05, 0.1) is 5.69 Å². The van der Waals surface area contributed by atoms with Gasteiger partial charge in [-0.2, -0.15) is 16.4 Å². The van der Waals surface area contributed by atoms with Crippen LogP contribution in [0.15, 0.2) is 16.8 Å². The highest BCUT2D eigenvalue weighted by molar-refractivity contribution is 7.08. The zero-order chi connectivity index (χ0) is 10.7. The van der Waals surface area contributed by atoms with E-state index in [9.17, 15) is 0 Å². The van der Waals surface area contributed by atoms with Gasteiger partial charge < -0.3 is 0 Å². The number of halogens is 1. The fraction of sp³-hybridized carbons (Fsp3) is 0.364. The first-order valence-electron chi connectivity index (χ1n) is 5.01. The molecule has 0 aliphatic carbocycles. The third-order valence-electron chi connectivity index (χ3n) is 2.45. The molecular formula is C11H13ClN2S. The molecule has 0 radical (unpaired) electrons. The third-order valence-corrected chi connectivity index (χ3v) is 3.32. The van der Waals surface area contributed by atoms with E-state index >= 15 is 0 Å². The molecule has 0 fully saturated rings. The van der Waals surface area contributed by atoms with Crippen molar-refractivity contribution < 1.29 is 0 Å². The minimum Gasteiger partial charge on any atom is -0.282 e. The number of hydrogen-bond donors (Lipinski definition) is 1. The second-order valence-corrected chi connectivity index (χ2v) is 4.49. The molecule has 1 N–H and O–H groups in total. The Morgan fingerprint density at radius 1 is 1.53 bits per heavy atom. The van der Waals surface area contributed by atoms with Crippen molar-refractivity contribution >= 4 is 22.9 Å². The Balaban J connectivity index is 2.43. The molecule has 2 heterocycles. The van der Waals surface area contributed by atoms with E-state index in [1.165, 1.54) is 16.8 Å². The lowest BCUT2D eigenvalue weighted by molar-refractivity contribution is 0.958. The predicted molar refractivity (Wildman–Crippen MR) is 65.7 cm³/mol. The maximum atomic E-state index is 5.82. The number of thiophene rings is 1. The van der Waals surface area contributed by atoms with Crippen LogP contribution in [0.4, 0.5) is 0 Å². The van der Waals surface area contributed by atoms with Crippen LogP contribution in [0.2, 0.25) is 0 Å². The van der Waals surface area contributed by atoms with Crippen molar-refractivity contribution in [1.29, 1.82) is 0 Å². The van der Waals surface area contributed by atoms with E-state index in [2.05, 4.69) is 33.9 Å². The summed E-state index contributed by atoms with van der Waals surface area (Å²) >= 11 is 7.51. The second kappa shape index (κ2) is 4.81. The van der Waals surface area contributed by atoms with E-state index in [0.717, 1.165) is 18.5 Å². The second-order valence-electron chi connectivity index (χ2n) is 3.33. The Morgan fingerprint density at radius 2 is 2.40 bits per heavy atom. The molecule has 2 aromatic rings. The first kappa shape index (κ1) is 10.7. The first-order chi connectivity index (χ1) is 7.36. The molecule has 0 spiro atoms. The summed E-state index contributed by atoms with van der Waals surface area (Å²) in [6.07, 6.45) is 1.86. The van der Waals surface area contributed by atoms with E-state index in [1.54, 1.807) is 11.3 Å². The fourth-order valence-electron chi connectivity index (χ4n) is 1.70. The number of H-pyrrole nitrogens is 1. The van der Waals surface area contributed by atoms with Gasteiger partial charge >= 0.3 is 0 Å². The number of alkyl halides is 1. The van der Waals surface area contributed by atoms with E-state index in [-0.39, 0.29) is 0 Å². The summed E-state index contributed by atoms with van der Waals surface area (Å²) in [5.41, 5.74) is 4.73. The molecule has 4 heteroatoms. The summed E-state index contributed by atoms with van der Waals surface area (Å²) in [6.45, 7) is 2.13. The Hall–Kier alpha value is -0.800. The van der Waals surface area contributed by atoms with Crippen LogP contribution in [0, 0.1) is 0 Å². The minimum atomic E-state index is 0.643. The highest BCUT2D eigenvalue weighted by Gasteiger charge is 2.13. The van der Waals surface area contributed by atoms with Crippen LogP contribution in [0.3, 0.4) is 0 Å². The van der Waals surface area contributed by atoms with Gasteiger partial charge in [0.15, 0.2) is 0 Å². The van der Waals surface area contributed by atoms with Gasteiger partial charge in [0.1, 0.15) is 0 Å². The molecular weight excluding hydrogens is 228 g/mol. The number of nitrogens with zero attached hydrogens (tertiary/aromatic N) is 1. The molecule has 0 saturated carbocycles. The van der Waals surface area contributed by atoms with Crippen LogP contribution < -0.4 is 0 Å². The van der Waals surface area contributed by atoms with Crippen LogP contribution in [-0.2, 0) is 12.8 Å². The van der Waals surface area contributed by atoms with Crippen molar-refractivity contribution in [2.45, 2.75) is 19.8 Å². The lowest BCUT2D eigenvalue weighted by atomic mass is 10.1. The van der Waals surface area contributed by atoms with E-state index in [0.29, 0.717) is 5.88 Å². The topological polar surface area (TPSA) is 28.7 Å². The van der Waals surface area contributed by atoms with Crippen LogP contribution in [0.1, 0.15) is 18.2 Å². The Labute approximate surface area is 98.3 Å². The van der Waals surface area contributed by atoms with Crippen molar-refractivity contribution in [2.75, 3.05) is 5.88 Å². The van der Waals surface area contributed by atoms with E-state index in [1.807, 2.05) is 0 Å². The van der Waals surface area contributed by atoms with Gasteiger partial charge in [-0.1, -0.05) is 6.92 Å². The molecule has 15 heavy (non-hydrogen) atoms. The summed E-state index contributed by atoms with van der Waals surface area (Å²) in [7, 11) is 0. The number of aromatic amines is 1. The lowest BCUT2D eigenvalue weighted by Gasteiger charge is -2.00. The fourth-order valence-corrected chi connectivity index (χ4v) is 2.53. The minimum absolute atomic E-state index is 0.643. The summed E-state index contributed by atoms with van der Waals surface area (Å²) in [5.74, 6) is 0.643.